The summed E-state index contributed by atoms with van der Waals surface area (Å²) in [7, 11) is 1.80. The molecule has 2 aromatic rings. The number of halogens is 1. The number of aryl methyl sites for hydroxylation is 1. The normalized spacial score (nSPS) is 27.9. The van der Waals surface area contributed by atoms with Crippen LogP contribution in [0.25, 0.3) is 0 Å². The third-order valence-electron chi connectivity index (χ3n) is 8.24. The fourth-order valence-corrected chi connectivity index (χ4v) is 6.32. The molecule has 1 spiro atoms. The number of benzene rings is 2. The number of carbonyl (C=O) groups is 1. The van der Waals surface area contributed by atoms with E-state index in [1.165, 1.54) is 11.1 Å². The lowest BCUT2D eigenvalue weighted by molar-refractivity contribution is -0.136. The Morgan fingerprint density at radius 3 is 2.83 bits per heavy atom. The van der Waals surface area contributed by atoms with Crippen LogP contribution < -0.4 is 9.64 Å². The summed E-state index contributed by atoms with van der Waals surface area (Å²) in [6.45, 7) is 4.77. The molecule has 1 amide bonds. The van der Waals surface area contributed by atoms with Gasteiger partial charge in [-0.25, -0.2) is 0 Å². The van der Waals surface area contributed by atoms with Gasteiger partial charge in [-0.2, -0.15) is 0 Å². The molecule has 2 aliphatic heterocycles. The number of aliphatic hydroxyl groups is 1. The summed E-state index contributed by atoms with van der Waals surface area (Å²) in [5.74, 6) is 0.263. The summed E-state index contributed by atoms with van der Waals surface area (Å²) >= 11 is 6.36. The maximum absolute atomic E-state index is 13.0. The SMILES string of the molecule is C[C@H]1C(=O)N(C)C/C=C/CCCCN2C[C@@]3(CCCc4cc(Cl)ccc43)COc3ccc(cc32)[C@H]1O. The van der Waals surface area contributed by atoms with Crippen molar-refractivity contribution in [2.24, 2.45) is 5.92 Å². The summed E-state index contributed by atoms with van der Waals surface area (Å²) in [5.41, 5.74) is 4.36. The van der Waals surface area contributed by atoms with Crippen molar-refractivity contribution in [1.82, 2.24) is 4.90 Å². The molecule has 2 bridgehead atoms. The first kappa shape index (κ1) is 25.2. The van der Waals surface area contributed by atoms with Gasteiger partial charge in [-0.15, -0.1) is 0 Å². The van der Waals surface area contributed by atoms with Crippen molar-refractivity contribution >= 4 is 23.2 Å². The van der Waals surface area contributed by atoms with Crippen LogP contribution in [0.15, 0.2) is 48.6 Å². The Balaban J connectivity index is 1.54. The van der Waals surface area contributed by atoms with Crippen LogP contribution in [0.2, 0.25) is 5.02 Å². The average Bonchev–Trinajstić information content (AvgIpc) is 3.03. The molecule has 0 saturated carbocycles. The highest BCUT2D eigenvalue weighted by atomic mass is 35.5. The minimum absolute atomic E-state index is 0.0542. The maximum Gasteiger partial charge on any atom is 0.228 e. The highest BCUT2D eigenvalue weighted by Crippen LogP contribution is 2.45. The lowest BCUT2D eigenvalue weighted by Gasteiger charge is -2.41. The molecule has 6 heteroatoms. The van der Waals surface area contributed by atoms with E-state index in [-0.39, 0.29) is 11.3 Å². The Labute approximate surface area is 219 Å². The molecule has 5 nitrogen and oxygen atoms in total. The first-order valence-corrected chi connectivity index (χ1v) is 13.6. The number of allylic oxidation sites excluding steroid dienone is 1. The van der Waals surface area contributed by atoms with E-state index in [4.69, 9.17) is 16.3 Å². The first-order chi connectivity index (χ1) is 17.4. The lowest BCUT2D eigenvalue weighted by atomic mass is 9.70. The monoisotopic (exact) mass is 508 g/mol. The first-order valence-electron chi connectivity index (χ1n) is 13.3. The van der Waals surface area contributed by atoms with E-state index in [0.29, 0.717) is 13.2 Å². The van der Waals surface area contributed by atoms with Gasteiger partial charge in [0.15, 0.2) is 0 Å². The van der Waals surface area contributed by atoms with Gasteiger partial charge in [0, 0.05) is 37.1 Å². The molecule has 5 rings (SSSR count). The number of likely N-dealkylation sites (N-methyl/N-ethyl adjacent to an activating group) is 1. The molecule has 192 valence electrons. The Morgan fingerprint density at radius 2 is 1.97 bits per heavy atom. The number of fused-ring (bicyclic) bond motifs is 3. The van der Waals surface area contributed by atoms with E-state index in [9.17, 15) is 9.90 Å². The summed E-state index contributed by atoms with van der Waals surface area (Å²) in [5, 5.41) is 12.0. The molecule has 0 aromatic heterocycles. The molecule has 0 saturated heterocycles. The minimum atomic E-state index is -0.879. The van der Waals surface area contributed by atoms with Gasteiger partial charge in [-0.1, -0.05) is 42.8 Å². The molecule has 2 aromatic carbocycles. The number of aliphatic hydroxyl groups excluding tert-OH is 1. The zero-order valence-corrected chi connectivity index (χ0v) is 22.1. The number of amides is 1. The lowest BCUT2D eigenvalue weighted by Crippen LogP contribution is -2.46. The molecular formula is C30H37ClN2O3. The highest BCUT2D eigenvalue weighted by Gasteiger charge is 2.41. The average molecular weight is 509 g/mol. The van der Waals surface area contributed by atoms with Crippen LogP contribution in [0.1, 0.15) is 61.8 Å². The molecule has 3 atom stereocenters. The van der Waals surface area contributed by atoms with Gasteiger partial charge in [0.2, 0.25) is 5.91 Å². The van der Waals surface area contributed by atoms with Crippen molar-refractivity contribution in [3.63, 3.8) is 0 Å². The fourth-order valence-electron chi connectivity index (χ4n) is 6.13. The van der Waals surface area contributed by atoms with E-state index in [2.05, 4.69) is 29.2 Å². The van der Waals surface area contributed by atoms with E-state index < -0.39 is 12.0 Å². The molecule has 0 unspecified atom stereocenters. The van der Waals surface area contributed by atoms with Gasteiger partial charge < -0.3 is 19.6 Å². The third-order valence-corrected chi connectivity index (χ3v) is 8.47. The maximum atomic E-state index is 13.0. The largest absolute Gasteiger partial charge is 0.490 e. The van der Waals surface area contributed by atoms with Gasteiger partial charge in [-0.05, 0) is 79.5 Å². The Hall–Kier alpha value is -2.50. The Morgan fingerprint density at radius 1 is 1.11 bits per heavy atom. The summed E-state index contributed by atoms with van der Waals surface area (Å²) in [6.07, 6.45) is 9.72. The molecule has 2 heterocycles. The second-order valence-electron chi connectivity index (χ2n) is 10.8. The molecule has 36 heavy (non-hydrogen) atoms. The van der Waals surface area contributed by atoms with Crippen LogP contribution >= 0.6 is 11.6 Å². The van der Waals surface area contributed by atoms with Crippen LogP contribution in [0.4, 0.5) is 5.69 Å². The third kappa shape index (κ3) is 4.88. The number of anilines is 1. The molecule has 0 radical (unpaired) electrons. The molecule has 3 aliphatic rings. The second kappa shape index (κ2) is 10.5. The van der Waals surface area contributed by atoms with E-state index >= 15 is 0 Å². The Bertz CT molecular complexity index is 1150. The van der Waals surface area contributed by atoms with Crippen molar-refractivity contribution in [2.75, 3.05) is 38.2 Å². The zero-order valence-electron chi connectivity index (χ0n) is 21.4. The van der Waals surface area contributed by atoms with Crippen molar-refractivity contribution in [3.8, 4) is 5.75 Å². The standard InChI is InChI=1S/C30H37ClN2O3/c1-21-28(34)23-10-13-27-26(18-23)33(16-7-5-3-4-6-15-32(2)29(21)35)19-30(20-36-27)14-8-9-22-17-24(31)11-12-25(22)30/h4,6,10-13,17-18,21,28,34H,3,5,7-9,14-16,19-20H2,1-2H3/b6-4+/t21-,28+,30+/m1/s1. The fraction of sp³-hybridized carbons (Fsp3) is 0.500. The second-order valence-corrected chi connectivity index (χ2v) is 11.2. The van der Waals surface area contributed by atoms with E-state index in [0.717, 1.165) is 73.6 Å². The predicted molar refractivity (Wildman–Crippen MR) is 145 cm³/mol. The molecule has 1 aliphatic carbocycles. The van der Waals surface area contributed by atoms with E-state index in [1.54, 1.807) is 11.9 Å². The van der Waals surface area contributed by atoms with Gasteiger partial charge >= 0.3 is 0 Å². The van der Waals surface area contributed by atoms with Crippen LogP contribution in [0.5, 0.6) is 5.75 Å². The van der Waals surface area contributed by atoms with Crippen LogP contribution in [-0.4, -0.2) is 49.2 Å². The number of rotatable bonds is 0. The summed E-state index contributed by atoms with van der Waals surface area (Å²) in [6, 6.07) is 12.3. The predicted octanol–water partition coefficient (Wildman–Crippen LogP) is 5.68. The number of carbonyl (C=O) groups excluding carboxylic acids is 1. The van der Waals surface area contributed by atoms with Crippen molar-refractivity contribution in [3.05, 3.63) is 70.3 Å². The van der Waals surface area contributed by atoms with Crippen LogP contribution in [-0.2, 0) is 16.6 Å². The summed E-state index contributed by atoms with van der Waals surface area (Å²) in [4.78, 5) is 17.1. The number of hydrogen-bond donors (Lipinski definition) is 1. The van der Waals surface area contributed by atoms with Crippen molar-refractivity contribution < 1.29 is 14.6 Å². The van der Waals surface area contributed by atoms with Gasteiger partial charge in [0.25, 0.3) is 0 Å². The topological polar surface area (TPSA) is 53.0 Å². The highest BCUT2D eigenvalue weighted by molar-refractivity contribution is 6.30. The van der Waals surface area contributed by atoms with Crippen LogP contribution in [0.3, 0.4) is 0 Å². The van der Waals surface area contributed by atoms with Crippen molar-refractivity contribution in [2.45, 2.75) is 57.0 Å². The smallest absolute Gasteiger partial charge is 0.228 e. The van der Waals surface area contributed by atoms with E-state index in [1.807, 2.05) is 31.2 Å². The number of hydrogen-bond acceptors (Lipinski definition) is 4. The minimum Gasteiger partial charge on any atom is -0.490 e. The number of nitrogens with zero attached hydrogens (tertiary/aromatic N) is 2. The van der Waals surface area contributed by atoms with Gasteiger partial charge in [-0.3, -0.25) is 4.79 Å². The molecule has 0 fully saturated rings. The van der Waals surface area contributed by atoms with Gasteiger partial charge in [0.1, 0.15) is 5.75 Å². The molecular weight excluding hydrogens is 472 g/mol. The van der Waals surface area contributed by atoms with Crippen molar-refractivity contribution in [1.29, 1.82) is 0 Å². The summed E-state index contributed by atoms with van der Waals surface area (Å²) < 4.78 is 6.53. The molecule has 1 N–H and O–H groups in total. The Kier molecular flexibility index (Phi) is 7.32. The quantitative estimate of drug-likeness (QED) is 0.465. The zero-order chi connectivity index (χ0) is 25.3. The number of ether oxygens (including phenoxy) is 1. The van der Waals surface area contributed by atoms with Gasteiger partial charge in [0.05, 0.1) is 24.3 Å². The van der Waals surface area contributed by atoms with Crippen LogP contribution in [0, 0.1) is 5.92 Å².